The maximum absolute atomic E-state index is 13.9. The summed E-state index contributed by atoms with van der Waals surface area (Å²) in [6.07, 6.45) is -3.55. The SMILES string of the molecule is Cc1ccc(C(F)C(O)C(F)n2cnnn2)nc1. The lowest BCUT2D eigenvalue weighted by Gasteiger charge is -2.18. The number of alkyl halides is 2. The number of tetrazole rings is 1. The van der Waals surface area contributed by atoms with E-state index in [0.29, 0.717) is 4.68 Å². The molecule has 0 saturated heterocycles. The van der Waals surface area contributed by atoms with Crippen molar-refractivity contribution in [1.82, 2.24) is 25.2 Å². The number of rotatable bonds is 4. The van der Waals surface area contributed by atoms with Gasteiger partial charge in [0.15, 0.2) is 6.17 Å². The van der Waals surface area contributed by atoms with E-state index in [0.717, 1.165) is 11.9 Å². The van der Waals surface area contributed by atoms with E-state index < -0.39 is 18.6 Å². The maximum atomic E-state index is 13.9. The van der Waals surface area contributed by atoms with Crippen LogP contribution in [0.2, 0.25) is 0 Å². The molecule has 1 N–H and O–H groups in total. The number of pyridine rings is 1. The van der Waals surface area contributed by atoms with E-state index in [1.165, 1.54) is 12.3 Å². The Balaban J connectivity index is 2.13. The van der Waals surface area contributed by atoms with Gasteiger partial charge in [0.25, 0.3) is 0 Å². The Morgan fingerprint density at radius 2 is 2.11 bits per heavy atom. The zero-order valence-corrected chi connectivity index (χ0v) is 9.48. The summed E-state index contributed by atoms with van der Waals surface area (Å²) in [7, 11) is 0. The Morgan fingerprint density at radius 3 is 2.67 bits per heavy atom. The largest absolute Gasteiger partial charge is 0.385 e. The van der Waals surface area contributed by atoms with E-state index in [-0.39, 0.29) is 5.69 Å². The van der Waals surface area contributed by atoms with Gasteiger partial charge in [-0.15, -0.1) is 5.10 Å². The van der Waals surface area contributed by atoms with Gasteiger partial charge in [0.05, 0.1) is 5.69 Å². The lowest BCUT2D eigenvalue weighted by Crippen LogP contribution is -2.26. The fourth-order valence-corrected chi connectivity index (χ4v) is 1.39. The minimum Gasteiger partial charge on any atom is -0.385 e. The summed E-state index contributed by atoms with van der Waals surface area (Å²) in [5, 5.41) is 19.3. The number of hydrogen-bond donors (Lipinski definition) is 1. The van der Waals surface area contributed by atoms with E-state index in [4.69, 9.17) is 0 Å². The van der Waals surface area contributed by atoms with E-state index in [1.807, 2.05) is 0 Å². The number of aryl methyl sites for hydroxylation is 1. The van der Waals surface area contributed by atoms with E-state index in [9.17, 15) is 13.9 Å². The maximum Gasteiger partial charge on any atom is 0.224 e. The summed E-state index contributed by atoms with van der Waals surface area (Å²) in [4.78, 5) is 3.80. The van der Waals surface area contributed by atoms with Crippen molar-refractivity contribution in [2.45, 2.75) is 25.5 Å². The molecule has 0 radical (unpaired) electrons. The van der Waals surface area contributed by atoms with Crippen molar-refractivity contribution in [3.63, 3.8) is 0 Å². The van der Waals surface area contributed by atoms with Crippen LogP contribution in [-0.4, -0.2) is 36.4 Å². The summed E-state index contributed by atoms with van der Waals surface area (Å²) in [6.45, 7) is 1.79. The third-order valence-electron chi connectivity index (χ3n) is 2.42. The highest BCUT2D eigenvalue weighted by atomic mass is 19.1. The predicted octanol–water partition coefficient (Wildman–Crippen LogP) is 0.916. The fraction of sp³-hybridized carbons (Fsp3) is 0.400. The van der Waals surface area contributed by atoms with Crippen LogP contribution in [0.25, 0.3) is 0 Å². The monoisotopic (exact) mass is 255 g/mol. The normalized spacial score (nSPS) is 16.2. The first-order valence-electron chi connectivity index (χ1n) is 5.21. The third-order valence-corrected chi connectivity index (χ3v) is 2.42. The second kappa shape index (κ2) is 5.13. The van der Waals surface area contributed by atoms with Crippen molar-refractivity contribution >= 4 is 0 Å². The molecule has 0 aliphatic heterocycles. The van der Waals surface area contributed by atoms with Gasteiger partial charge >= 0.3 is 0 Å². The number of aromatic nitrogens is 5. The van der Waals surface area contributed by atoms with Crippen LogP contribution in [0.1, 0.15) is 23.7 Å². The average molecular weight is 255 g/mol. The molecule has 2 aromatic heterocycles. The van der Waals surface area contributed by atoms with Crippen LogP contribution in [0.5, 0.6) is 0 Å². The smallest absolute Gasteiger partial charge is 0.224 e. The van der Waals surface area contributed by atoms with E-state index in [2.05, 4.69) is 20.5 Å². The first-order chi connectivity index (χ1) is 8.59. The highest BCUT2D eigenvalue weighted by molar-refractivity contribution is 5.15. The molecule has 0 bridgehead atoms. The number of hydrogen-bond acceptors (Lipinski definition) is 5. The van der Waals surface area contributed by atoms with Crippen molar-refractivity contribution in [3.8, 4) is 0 Å². The Bertz CT molecular complexity index is 489. The molecule has 2 aromatic rings. The Hall–Kier alpha value is -1.96. The topological polar surface area (TPSA) is 76.7 Å². The van der Waals surface area contributed by atoms with Gasteiger partial charge in [0.1, 0.15) is 12.4 Å². The van der Waals surface area contributed by atoms with Crippen molar-refractivity contribution in [2.24, 2.45) is 0 Å². The lowest BCUT2D eigenvalue weighted by atomic mass is 10.1. The molecule has 2 rings (SSSR count). The Labute approximate surface area is 101 Å². The minimum absolute atomic E-state index is 0.0381. The van der Waals surface area contributed by atoms with Crippen LogP contribution in [0.4, 0.5) is 8.78 Å². The van der Waals surface area contributed by atoms with Gasteiger partial charge in [0, 0.05) is 6.20 Å². The summed E-state index contributed by atoms with van der Waals surface area (Å²) in [6, 6.07) is 3.03. The number of aliphatic hydroxyl groups is 1. The van der Waals surface area contributed by atoms with Gasteiger partial charge in [-0.2, -0.15) is 4.68 Å². The van der Waals surface area contributed by atoms with Crippen LogP contribution in [0, 0.1) is 6.92 Å². The molecule has 6 nitrogen and oxygen atoms in total. The number of aliphatic hydroxyl groups excluding tert-OH is 1. The molecule has 0 amide bonds. The van der Waals surface area contributed by atoms with Gasteiger partial charge in [0.2, 0.25) is 6.30 Å². The highest BCUT2D eigenvalue weighted by Gasteiger charge is 2.31. The second-order valence-corrected chi connectivity index (χ2v) is 3.82. The highest BCUT2D eigenvalue weighted by Crippen LogP contribution is 2.27. The first kappa shape index (κ1) is 12.5. The molecule has 3 atom stereocenters. The van der Waals surface area contributed by atoms with Gasteiger partial charge < -0.3 is 5.11 Å². The van der Waals surface area contributed by atoms with Crippen molar-refractivity contribution in [3.05, 3.63) is 35.9 Å². The number of halogens is 2. The van der Waals surface area contributed by atoms with Crippen molar-refractivity contribution in [2.75, 3.05) is 0 Å². The molecule has 0 aromatic carbocycles. The molecule has 0 aliphatic rings. The van der Waals surface area contributed by atoms with Crippen LogP contribution in [0.15, 0.2) is 24.7 Å². The zero-order valence-electron chi connectivity index (χ0n) is 9.48. The molecule has 0 fully saturated rings. The molecule has 8 heteroatoms. The van der Waals surface area contributed by atoms with Crippen LogP contribution >= 0.6 is 0 Å². The van der Waals surface area contributed by atoms with Crippen molar-refractivity contribution < 1.29 is 13.9 Å². The quantitative estimate of drug-likeness (QED) is 0.878. The third kappa shape index (κ3) is 2.48. The van der Waals surface area contributed by atoms with Gasteiger partial charge in [-0.3, -0.25) is 4.98 Å². The van der Waals surface area contributed by atoms with Gasteiger partial charge in [-0.05, 0) is 29.0 Å². The molecule has 0 aliphatic carbocycles. The Kier molecular flexibility index (Phi) is 3.56. The van der Waals surface area contributed by atoms with Crippen LogP contribution in [-0.2, 0) is 0 Å². The van der Waals surface area contributed by atoms with Crippen molar-refractivity contribution in [1.29, 1.82) is 0 Å². The fourth-order valence-electron chi connectivity index (χ4n) is 1.39. The summed E-state index contributed by atoms with van der Waals surface area (Å²) in [5.74, 6) is 0. The van der Waals surface area contributed by atoms with Crippen LogP contribution < -0.4 is 0 Å². The summed E-state index contributed by atoms with van der Waals surface area (Å²) in [5.41, 5.74) is 0.807. The minimum atomic E-state index is -2.07. The molecule has 2 heterocycles. The molecule has 18 heavy (non-hydrogen) atoms. The predicted molar refractivity (Wildman–Crippen MR) is 56.8 cm³/mol. The van der Waals surface area contributed by atoms with Gasteiger partial charge in [-0.1, -0.05) is 6.07 Å². The molecular weight excluding hydrogens is 244 g/mol. The summed E-state index contributed by atoms with van der Waals surface area (Å²) >= 11 is 0. The molecule has 0 spiro atoms. The zero-order chi connectivity index (χ0) is 13.1. The molecule has 3 unspecified atom stereocenters. The average Bonchev–Trinajstić information content (AvgIpc) is 2.91. The summed E-state index contributed by atoms with van der Waals surface area (Å²) < 4.78 is 28.2. The van der Waals surface area contributed by atoms with E-state index in [1.54, 1.807) is 13.0 Å². The number of nitrogens with zero attached hydrogens (tertiary/aromatic N) is 5. The molecule has 96 valence electrons. The Morgan fingerprint density at radius 1 is 1.33 bits per heavy atom. The lowest BCUT2D eigenvalue weighted by molar-refractivity contribution is -0.0294. The second-order valence-electron chi connectivity index (χ2n) is 3.82. The van der Waals surface area contributed by atoms with Gasteiger partial charge in [-0.25, -0.2) is 8.78 Å². The molecular formula is C10H11F2N5O. The first-order valence-corrected chi connectivity index (χ1v) is 5.21. The molecule has 0 saturated carbocycles. The standard InChI is InChI=1S/C10H11F2N5O/c1-6-2-3-7(13-4-6)8(11)9(18)10(12)17-5-14-15-16-17/h2-5,8-10,18H,1H3. The van der Waals surface area contributed by atoms with Crippen LogP contribution in [0.3, 0.4) is 0 Å². The van der Waals surface area contributed by atoms with E-state index >= 15 is 0 Å².